The standard InChI is InChI=1S/C13H11BrN4/c1-9-17-13-12(6-11(14)7-16-13)18(9)8-10-2-4-15-5-3-10/h2-7H,8H2,1H3. The van der Waals surface area contributed by atoms with Crippen molar-refractivity contribution in [1.82, 2.24) is 19.5 Å². The Morgan fingerprint density at radius 3 is 2.83 bits per heavy atom. The third kappa shape index (κ3) is 2.01. The largest absolute Gasteiger partial charge is 0.322 e. The molecule has 0 N–H and O–H groups in total. The molecular formula is C13H11BrN4. The van der Waals surface area contributed by atoms with Crippen molar-refractivity contribution in [3.63, 3.8) is 0 Å². The van der Waals surface area contributed by atoms with Crippen LogP contribution in [-0.2, 0) is 6.54 Å². The van der Waals surface area contributed by atoms with Crippen LogP contribution in [-0.4, -0.2) is 19.5 Å². The van der Waals surface area contributed by atoms with Gasteiger partial charge in [0, 0.05) is 29.6 Å². The molecule has 0 unspecified atom stereocenters. The lowest BCUT2D eigenvalue weighted by molar-refractivity contribution is 0.784. The van der Waals surface area contributed by atoms with Crippen LogP contribution in [0.2, 0.25) is 0 Å². The zero-order chi connectivity index (χ0) is 12.5. The van der Waals surface area contributed by atoms with Gasteiger partial charge in [-0.05, 0) is 46.6 Å². The van der Waals surface area contributed by atoms with Crippen molar-refractivity contribution in [2.45, 2.75) is 13.5 Å². The Hall–Kier alpha value is -1.75. The fourth-order valence-corrected chi connectivity index (χ4v) is 2.28. The van der Waals surface area contributed by atoms with Gasteiger partial charge in [0.15, 0.2) is 5.65 Å². The molecule has 0 atom stereocenters. The number of aryl methyl sites for hydroxylation is 1. The van der Waals surface area contributed by atoms with Crippen LogP contribution in [0.4, 0.5) is 0 Å². The van der Waals surface area contributed by atoms with Gasteiger partial charge in [-0.25, -0.2) is 9.97 Å². The van der Waals surface area contributed by atoms with Crippen molar-refractivity contribution < 1.29 is 0 Å². The summed E-state index contributed by atoms with van der Waals surface area (Å²) in [5.74, 6) is 0.965. The molecule has 0 saturated carbocycles. The monoisotopic (exact) mass is 302 g/mol. The second kappa shape index (κ2) is 4.49. The Labute approximate surface area is 113 Å². The van der Waals surface area contributed by atoms with E-state index in [0.717, 1.165) is 28.0 Å². The fraction of sp³-hybridized carbons (Fsp3) is 0.154. The van der Waals surface area contributed by atoms with Crippen molar-refractivity contribution in [3.8, 4) is 0 Å². The highest BCUT2D eigenvalue weighted by molar-refractivity contribution is 9.10. The summed E-state index contributed by atoms with van der Waals surface area (Å²) in [7, 11) is 0. The average Bonchev–Trinajstić information content (AvgIpc) is 2.67. The third-order valence-corrected chi connectivity index (χ3v) is 3.29. The van der Waals surface area contributed by atoms with Gasteiger partial charge in [0.1, 0.15) is 5.82 Å². The van der Waals surface area contributed by atoms with Crippen LogP contribution in [0, 0.1) is 6.92 Å². The zero-order valence-electron chi connectivity index (χ0n) is 9.84. The Kier molecular flexibility index (Phi) is 2.83. The van der Waals surface area contributed by atoms with Crippen LogP contribution in [0.1, 0.15) is 11.4 Å². The van der Waals surface area contributed by atoms with E-state index < -0.39 is 0 Å². The number of imidazole rings is 1. The summed E-state index contributed by atoms with van der Waals surface area (Å²) in [6, 6.07) is 6.07. The molecule has 0 aliphatic heterocycles. The summed E-state index contributed by atoms with van der Waals surface area (Å²) in [4.78, 5) is 12.8. The average molecular weight is 303 g/mol. The lowest BCUT2D eigenvalue weighted by atomic mass is 10.2. The number of hydrogen-bond donors (Lipinski definition) is 0. The zero-order valence-corrected chi connectivity index (χ0v) is 11.4. The maximum absolute atomic E-state index is 4.47. The molecule has 0 amide bonds. The maximum atomic E-state index is 4.47. The minimum atomic E-state index is 0.781. The van der Waals surface area contributed by atoms with Gasteiger partial charge in [-0.1, -0.05) is 0 Å². The quantitative estimate of drug-likeness (QED) is 0.731. The number of halogens is 1. The van der Waals surface area contributed by atoms with Crippen LogP contribution in [0.5, 0.6) is 0 Å². The Balaban J connectivity index is 2.11. The van der Waals surface area contributed by atoms with Gasteiger partial charge in [-0.15, -0.1) is 0 Å². The molecule has 0 spiro atoms. The van der Waals surface area contributed by atoms with Crippen molar-refractivity contribution >= 4 is 27.1 Å². The molecule has 18 heavy (non-hydrogen) atoms. The van der Waals surface area contributed by atoms with Crippen LogP contribution in [0.3, 0.4) is 0 Å². The molecule has 0 fully saturated rings. The Bertz CT molecular complexity index is 691. The lowest BCUT2D eigenvalue weighted by Gasteiger charge is -2.06. The van der Waals surface area contributed by atoms with Gasteiger partial charge in [0.05, 0.1) is 5.52 Å². The summed E-state index contributed by atoms with van der Waals surface area (Å²) in [5, 5.41) is 0. The van der Waals surface area contributed by atoms with E-state index in [1.165, 1.54) is 5.56 Å². The van der Waals surface area contributed by atoms with Crippen LogP contribution in [0.25, 0.3) is 11.2 Å². The van der Waals surface area contributed by atoms with Crippen LogP contribution < -0.4 is 0 Å². The minimum absolute atomic E-state index is 0.781. The molecule has 3 aromatic rings. The molecule has 0 aliphatic carbocycles. The maximum Gasteiger partial charge on any atom is 0.177 e. The van der Waals surface area contributed by atoms with Crippen molar-refractivity contribution in [2.24, 2.45) is 0 Å². The van der Waals surface area contributed by atoms with Gasteiger partial charge in [-0.3, -0.25) is 4.98 Å². The topological polar surface area (TPSA) is 43.6 Å². The summed E-state index contributed by atoms with van der Waals surface area (Å²) in [5.41, 5.74) is 3.02. The lowest BCUT2D eigenvalue weighted by Crippen LogP contribution is -2.02. The van der Waals surface area contributed by atoms with E-state index in [2.05, 4.69) is 35.4 Å². The summed E-state index contributed by atoms with van der Waals surface area (Å²) in [6.45, 7) is 2.78. The molecule has 0 aliphatic rings. The number of aromatic nitrogens is 4. The first-order valence-corrected chi connectivity index (χ1v) is 6.40. The predicted molar refractivity (Wildman–Crippen MR) is 73.3 cm³/mol. The highest BCUT2D eigenvalue weighted by Gasteiger charge is 2.09. The fourth-order valence-electron chi connectivity index (χ4n) is 1.96. The van der Waals surface area contributed by atoms with E-state index in [1.54, 1.807) is 18.6 Å². The Morgan fingerprint density at radius 2 is 2.06 bits per heavy atom. The third-order valence-electron chi connectivity index (χ3n) is 2.85. The normalized spacial score (nSPS) is 11.0. The van der Waals surface area contributed by atoms with Gasteiger partial charge < -0.3 is 4.57 Å². The SMILES string of the molecule is Cc1nc2ncc(Br)cc2n1Cc1ccncc1. The number of pyridine rings is 2. The smallest absolute Gasteiger partial charge is 0.177 e. The Morgan fingerprint density at radius 1 is 1.28 bits per heavy atom. The van der Waals surface area contributed by atoms with E-state index in [1.807, 2.05) is 25.1 Å². The van der Waals surface area contributed by atoms with E-state index in [0.29, 0.717) is 0 Å². The van der Waals surface area contributed by atoms with Crippen LogP contribution in [0.15, 0.2) is 41.3 Å². The van der Waals surface area contributed by atoms with E-state index in [4.69, 9.17) is 0 Å². The molecule has 4 nitrogen and oxygen atoms in total. The first-order valence-electron chi connectivity index (χ1n) is 5.61. The van der Waals surface area contributed by atoms with E-state index in [-0.39, 0.29) is 0 Å². The summed E-state index contributed by atoms with van der Waals surface area (Å²) >= 11 is 3.45. The molecule has 5 heteroatoms. The number of hydrogen-bond acceptors (Lipinski definition) is 3. The number of rotatable bonds is 2. The molecule has 90 valence electrons. The molecule has 3 aromatic heterocycles. The van der Waals surface area contributed by atoms with Gasteiger partial charge in [0.2, 0.25) is 0 Å². The second-order valence-electron chi connectivity index (χ2n) is 4.10. The number of nitrogens with zero attached hydrogens (tertiary/aromatic N) is 4. The molecule has 3 heterocycles. The van der Waals surface area contributed by atoms with Crippen molar-refractivity contribution in [2.75, 3.05) is 0 Å². The first-order chi connectivity index (χ1) is 8.74. The van der Waals surface area contributed by atoms with Gasteiger partial charge >= 0.3 is 0 Å². The van der Waals surface area contributed by atoms with E-state index >= 15 is 0 Å². The second-order valence-corrected chi connectivity index (χ2v) is 5.01. The highest BCUT2D eigenvalue weighted by Crippen LogP contribution is 2.19. The van der Waals surface area contributed by atoms with Crippen molar-refractivity contribution in [3.05, 3.63) is 52.7 Å². The van der Waals surface area contributed by atoms with Crippen molar-refractivity contribution in [1.29, 1.82) is 0 Å². The van der Waals surface area contributed by atoms with Gasteiger partial charge in [0.25, 0.3) is 0 Å². The number of fused-ring (bicyclic) bond motifs is 1. The molecule has 0 aromatic carbocycles. The van der Waals surface area contributed by atoms with E-state index in [9.17, 15) is 0 Å². The molecule has 3 rings (SSSR count). The summed E-state index contributed by atoms with van der Waals surface area (Å²) < 4.78 is 3.12. The molecule has 0 radical (unpaired) electrons. The highest BCUT2D eigenvalue weighted by atomic mass is 79.9. The minimum Gasteiger partial charge on any atom is -0.322 e. The van der Waals surface area contributed by atoms with Crippen LogP contribution >= 0.6 is 15.9 Å². The summed E-state index contributed by atoms with van der Waals surface area (Å²) in [6.07, 6.45) is 5.38. The molecule has 0 saturated heterocycles. The first kappa shape index (κ1) is 11.3. The molecule has 0 bridgehead atoms. The van der Waals surface area contributed by atoms with Gasteiger partial charge in [-0.2, -0.15) is 0 Å². The predicted octanol–water partition coefficient (Wildman–Crippen LogP) is 2.95. The molecular weight excluding hydrogens is 292 g/mol.